The largest absolute Gasteiger partial charge is 0.387 e. The summed E-state index contributed by atoms with van der Waals surface area (Å²) in [4.78, 5) is 0. The lowest BCUT2D eigenvalue weighted by Crippen LogP contribution is -2.18. The van der Waals surface area contributed by atoms with Crippen LogP contribution in [0.15, 0.2) is 30.3 Å². The quantitative estimate of drug-likeness (QED) is 0.484. The summed E-state index contributed by atoms with van der Waals surface area (Å²) >= 11 is 0. The second kappa shape index (κ2) is 3.19. The van der Waals surface area contributed by atoms with Crippen LogP contribution < -0.4 is 5.73 Å². The molecule has 1 aromatic carbocycles. The summed E-state index contributed by atoms with van der Waals surface area (Å²) in [7, 11) is 0. The zero-order valence-electron chi connectivity index (χ0n) is 6.46. The van der Waals surface area contributed by atoms with Crippen molar-refractivity contribution in [3.63, 3.8) is 0 Å². The Morgan fingerprint density at radius 3 is 2.27 bits per heavy atom. The summed E-state index contributed by atoms with van der Waals surface area (Å²) in [6.45, 7) is 1.84. The van der Waals surface area contributed by atoms with E-state index < -0.39 is 0 Å². The first-order valence-corrected chi connectivity index (χ1v) is 3.45. The molecule has 3 N–H and O–H groups in total. The average molecular weight is 147 g/mol. The molecular weight excluding hydrogens is 136 g/mol. The van der Waals surface area contributed by atoms with Gasteiger partial charge in [-0.2, -0.15) is 0 Å². The van der Waals surface area contributed by atoms with E-state index in [0.717, 1.165) is 11.5 Å². The molecule has 0 aromatic heterocycles. The van der Waals surface area contributed by atoms with Crippen LogP contribution >= 0.6 is 0 Å². The molecule has 0 aliphatic heterocycles. The van der Waals surface area contributed by atoms with E-state index >= 15 is 0 Å². The van der Waals surface area contributed by atoms with Gasteiger partial charge in [-0.1, -0.05) is 30.3 Å². The number of hydrogen-bond acceptors (Lipinski definition) is 1. The molecule has 0 fully saturated rings. The van der Waals surface area contributed by atoms with Crippen LogP contribution in [-0.4, -0.2) is 5.84 Å². The topological polar surface area (TPSA) is 49.9 Å². The maximum Gasteiger partial charge on any atom is 0.102 e. The fourth-order valence-electron chi connectivity index (χ4n) is 0.844. The summed E-state index contributed by atoms with van der Waals surface area (Å²) in [6, 6.07) is 9.69. The zero-order chi connectivity index (χ0) is 8.27. The minimum atomic E-state index is 0.135. The van der Waals surface area contributed by atoms with Gasteiger partial charge in [0.15, 0.2) is 0 Å². The Morgan fingerprint density at radius 2 is 1.82 bits per heavy atom. The van der Waals surface area contributed by atoms with Crippen LogP contribution in [0.4, 0.5) is 0 Å². The molecule has 0 aliphatic carbocycles. The summed E-state index contributed by atoms with van der Waals surface area (Å²) in [6.07, 6.45) is 0. The summed E-state index contributed by atoms with van der Waals surface area (Å²) in [5, 5.41) is 7.18. The molecule has 0 amide bonds. The monoisotopic (exact) mass is 147 g/mol. The number of nitrogens with two attached hydrogens (primary N) is 1. The highest BCUT2D eigenvalue weighted by Gasteiger charge is 2.07. The van der Waals surface area contributed by atoms with Gasteiger partial charge >= 0.3 is 0 Å². The van der Waals surface area contributed by atoms with Crippen molar-refractivity contribution in [1.29, 1.82) is 5.41 Å². The Labute approximate surface area is 66.6 Å². The average Bonchev–Trinajstić information content (AvgIpc) is 2.05. The van der Waals surface area contributed by atoms with E-state index in [9.17, 15) is 0 Å². The lowest BCUT2D eigenvalue weighted by molar-refractivity contribution is 1.24. The molecule has 0 spiro atoms. The minimum absolute atomic E-state index is 0.135. The van der Waals surface area contributed by atoms with Gasteiger partial charge in [0.1, 0.15) is 5.84 Å². The zero-order valence-corrected chi connectivity index (χ0v) is 6.46. The first kappa shape index (κ1) is 7.79. The molecule has 1 radical (unpaired) electrons. The molecule has 0 saturated heterocycles. The van der Waals surface area contributed by atoms with Gasteiger partial charge in [0.2, 0.25) is 0 Å². The van der Waals surface area contributed by atoms with Crippen LogP contribution in [0.1, 0.15) is 12.5 Å². The first-order chi connectivity index (χ1) is 5.22. The fourth-order valence-corrected chi connectivity index (χ4v) is 0.844. The molecule has 11 heavy (non-hydrogen) atoms. The molecule has 0 unspecified atom stereocenters. The van der Waals surface area contributed by atoms with Gasteiger partial charge < -0.3 is 5.73 Å². The molecule has 0 aliphatic rings. The summed E-state index contributed by atoms with van der Waals surface area (Å²) in [5.41, 5.74) is 6.33. The van der Waals surface area contributed by atoms with Crippen molar-refractivity contribution in [3.8, 4) is 0 Å². The smallest absolute Gasteiger partial charge is 0.102 e. The van der Waals surface area contributed by atoms with Crippen molar-refractivity contribution in [2.45, 2.75) is 6.92 Å². The SMILES string of the molecule is C[C](C(=N)N)c1ccccc1. The van der Waals surface area contributed by atoms with Gasteiger partial charge in [-0.15, -0.1) is 0 Å². The van der Waals surface area contributed by atoms with Crippen LogP contribution in [0, 0.1) is 11.3 Å². The molecule has 2 nitrogen and oxygen atoms in total. The first-order valence-electron chi connectivity index (χ1n) is 3.45. The second-order valence-corrected chi connectivity index (χ2v) is 2.40. The number of rotatable bonds is 2. The Hall–Kier alpha value is -1.31. The molecule has 0 atom stereocenters. The van der Waals surface area contributed by atoms with Crippen molar-refractivity contribution in [3.05, 3.63) is 41.8 Å². The van der Waals surface area contributed by atoms with E-state index in [4.69, 9.17) is 11.1 Å². The predicted molar refractivity (Wildman–Crippen MR) is 46.4 cm³/mol. The van der Waals surface area contributed by atoms with Crippen LogP contribution in [0.25, 0.3) is 0 Å². The van der Waals surface area contributed by atoms with Crippen LogP contribution in [-0.2, 0) is 0 Å². The number of hydrogen-bond donors (Lipinski definition) is 2. The van der Waals surface area contributed by atoms with Crippen LogP contribution in [0.3, 0.4) is 0 Å². The van der Waals surface area contributed by atoms with E-state index in [0.29, 0.717) is 0 Å². The van der Waals surface area contributed by atoms with E-state index in [1.807, 2.05) is 37.3 Å². The summed E-state index contributed by atoms with van der Waals surface area (Å²) in [5.74, 6) is 0.960. The normalized spacial score (nSPS) is 10.0. The van der Waals surface area contributed by atoms with Gasteiger partial charge in [-0.25, -0.2) is 0 Å². The molecule has 0 saturated carbocycles. The molecule has 0 bridgehead atoms. The molecule has 0 heterocycles. The van der Waals surface area contributed by atoms with Crippen LogP contribution in [0.2, 0.25) is 0 Å². The third-order valence-electron chi connectivity index (χ3n) is 1.61. The Kier molecular flexibility index (Phi) is 2.26. The lowest BCUT2D eigenvalue weighted by atomic mass is 10.0. The van der Waals surface area contributed by atoms with Gasteiger partial charge in [-0.3, -0.25) is 5.41 Å². The highest BCUT2D eigenvalue weighted by molar-refractivity contribution is 5.94. The highest BCUT2D eigenvalue weighted by atomic mass is 14.7. The second-order valence-electron chi connectivity index (χ2n) is 2.40. The highest BCUT2D eigenvalue weighted by Crippen LogP contribution is 2.11. The van der Waals surface area contributed by atoms with Crippen molar-refractivity contribution in [2.24, 2.45) is 5.73 Å². The van der Waals surface area contributed by atoms with Gasteiger partial charge in [-0.05, 0) is 12.5 Å². The fraction of sp³-hybridized carbons (Fsp3) is 0.111. The summed E-state index contributed by atoms with van der Waals surface area (Å²) < 4.78 is 0. The maximum absolute atomic E-state index is 7.18. The van der Waals surface area contributed by atoms with Crippen molar-refractivity contribution < 1.29 is 0 Å². The Balaban J connectivity index is 2.85. The third kappa shape index (κ3) is 1.80. The van der Waals surface area contributed by atoms with E-state index in [2.05, 4.69) is 0 Å². The maximum atomic E-state index is 7.18. The van der Waals surface area contributed by atoms with Crippen molar-refractivity contribution in [2.75, 3.05) is 0 Å². The number of nitrogens with one attached hydrogen (secondary N) is 1. The number of amidine groups is 1. The number of benzene rings is 1. The Bertz CT molecular complexity index is 241. The van der Waals surface area contributed by atoms with Gasteiger partial charge in [0.05, 0.1) is 5.92 Å². The third-order valence-corrected chi connectivity index (χ3v) is 1.61. The van der Waals surface area contributed by atoms with Crippen LogP contribution in [0.5, 0.6) is 0 Å². The predicted octanol–water partition coefficient (Wildman–Crippen LogP) is 1.57. The van der Waals surface area contributed by atoms with Gasteiger partial charge in [0, 0.05) is 0 Å². The minimum Gasteiger partial charge on any atom is -0.387 e. The molecular formula is C9H11N2. The van der Waals surface area contributed by atoms with E-state index in [-0.39, 0.29) is 5.84 Å². The van der Waals surface area contributed by atoms with E-state index in [1.165, 1.54) is 0 Å². The molecule has 1 rings (SSSR count). The van der Waals surface area contributed by atoms with Crippen molar-refractivity contribution >= 4 is 5.84 Å². The Morgan fingerprint density at radius 1 is 1.27 bits per heavy atom. The molecule has 2 heteroatoms. The van der Waals surface area contributed by atoms with Gasteiger partial charge in [0.25, 0.3) is 0 Å². The van der Waals surface area contributed by atoms with E-state index in [1.54, 1.807) is 0 Å². The molecule has 57 valence electrons. The lowest BCUT2D eigenvalue weighted by Gasteiger charge is -2.07. The van der Waals surface area contributed by atoms with Crippen molar-refractivity contribution in [1.82, 2.24) is 0 Å². The standard InChI is InChI=1S/C9H11N2/c1-7(9(10)11)8-5-3-2-4-6-8/h2-6H,1H3,(H3,10,11). The molecule has 1 aromatic rings.